The fourth-order valence-corrected chi connectivity index (χ4v) is 3.63. The molecule has 1 atom stereocenters. The average Bonchev–Trinajstić information content (AvgIpc) is 2.74. The Labute approximate surface area is 199 Å². The summed E-state index contributed by atoms with van der Waals surface area (Å²) in [7, 11) is 0. The maximum absolute atomic E-state index is 13.4. The number of ether oxygens (including phenoxy) is 2. The van der Waals surface area contributed by atoms with Crippen molar-refractivity contribution in [2.75, 3.05) is 0 Å². The molecule has 1 aromatic heterocycles. The number of hydrogen-bond donors (Lipinski definition) is 1. The van der Waals surface area contributed by atoms with Crippen LogP contribution in [0.4, 0.5) is 4.79 Å². The molecule has 2 aromatic carbocycles. The zero-order chi connectivity index (χ0) is 24.9. The van der Waals surface area contributed by atoms with Crippen LogP contribution in [0.25, 0.3) is 11.0 Å². The van der Waals surface area contributed by atoms with Gasteiger partial charge in [0.15, 0.2) is 6.04 Å². The quantitative estimate of drug-likeness (QED) is 0.277. The van der Waals surface area contributed by atoms with Gasteiger partial charge in [0.1, 0.15) is 16.9 Å². The highest BCUT2D eigenvalue weighted by Crippen LogP contribution is 2.32. The molecule has 0 bridgehead atoms. The van der Waals surface area contributed by atoms with E-state index in [9.17, 15) is 14.4 Å². The molecule has 180 valence electrons. The van der Waals surface area contributed by atoms with Gasteiger partial charge in [0, 0.05) is 6.07 Å². The minimum atomic E-state index is -1.10. The molecular formula is C27H31NO6. The molecule has 0 spiro atoms. The van der Waals surface area contributed by atoms with Crippen LogP contribution in [0.2, 0.25) is 0 Å². The molecule has 0 aliphatic carbocycles. The van der Waals surface area contributed by atoms with E-state index in [0.29, 0.717) is 23.0 Å². The summed E-state index contributed by atoms with van der Waals surface area (Å²) in [6.07, 6.45) is 1.72. The van der Waals surface area contributed by atoms with E-state index in [4.69, 9.17) is 13.9 Å². The second kappa shape index (κ2) is 10.5. The average molecular weight is 466 g/mol. The molecule has 3 rings (SSSR count). The summed E-state index contributed by atoms with van der Waals surface area (Å²) >= 11 is 0. The largest absolute Gasteiger partial charge is 0.444 e. The first kappa shape index (κ1) is 25.0. The molecule has 7 heteroatoms. The molecule has 0 aliphatic heterocycles. The summed E-state index contributed by atoms with van der Waals surface area (Å²) in [4.78, 5) is 38.0. The monoisotopic (exact) mass is 465 g/mol. The Morgan fingerprint density at radius 3 is 2.44 bits per heavy atom. The Balaban J connectivity index is 2.01. The maximum Gasteiger partial charge on any atom is 0.408 e. The molecule has 0 fully saturated rings. The molecule has 1 N–H and O–H groups in total. The lowest BCUT2D eigenvalue weighted by molar-refractivity contribution is -0.136. The summed E-state index contributed by atoms with van der Waals surface area (Å²) in [5, 5.41) is 3.20. The number of carbonyl (C=O) groups is 2. The van der Waals surface area contributed by atoms with Gasteiger partial charge >= 0.3 is 17.7 Å². The van der Waals surface area contributed by atoms with Gasteiger partial charge in [-0.15, -0.1) is 0 Å². The van der Waals surface area contributed by atoms with Gasteiger partial charge in [0.2, 0.25) is 0 Å². The van der Waals surface area contributed by atoms with E-state index in [0.717, 1.165) is 24.0 Å². The van der Waals surface area contributed by atoms with Crippen molar-refractivity contribution < 1.29 is 23.5 Å². The number of fused-ring (bicyclic) bond motifs is 1. The van der Waals surface area contributed by atoms with Gasteiger partial charge in [-0.1, -0.05) is 43.7 Å². The minimum Gasteiger partial charge on any atom is -0.444 e. The number of carbonyl (C=O) groups excluding carboxylic acids is 2. The van der Waals surface area contributed by atoms with Gasteiger partial charge in [-0.2, -0.15) is 0 Å². The lowest BCUT2D eigenvalue weighted by atomic mass is 10.0. The number of hydrogen-bond acceptors (Lipinski definition) is 6. The van der Waals surface area contributed by atoms with Crippen LogP contribution in [0, 0.1) is 6.92 Å². The normalized spacial score (nSPS) is 12.3. The van der Waals surface area contributed by atoms with Crippen LogP contribution in [-0.4, -0.2) is 17.7 Å². The molecule has 3 aromatic rings. The Bertz CT molecular complexity index is 1220. The second-order valence-electron chi connectivity index (χ2n) is 9.24. The predicted molar refractivity (Wildman–Crippen MR) is 130 cm³/mol. The third-order valence-corrected chi connectivity index (χ3v) is 5.07. The summed E-state index contributed by atoms with van der Waals surface area (Å²) in [5.41, 5.74) is 1.25. The van der Waals surface area contributed by atoms with Gasteiger partial charge in [0.25, 0.3) is 0 Å². The SMILES string of the molecule is CCCCc1cc(=O)oc2cc(C)cc(OC(=O)[C@H](NC(=O)OC(C)(C)C)c3ccccc3)c12. The molecule has 7 nitrogen and oxygen atoms in total. The molecule has 1 amide bonds. The smallest absolute Gasteiger partial charge is 0.408 e. The fourth-order valence-electron chi connectivity index (χ4n) is 3.63. The Morgan fingerprint density at radius 2 is 1.79 bits per heavy atom. The van der Waals surface area contributed by atoms with E-state index in [1.807, 2.05) is 13.0 Å². The Kier molecular flexibility index (Phi) is 7.76. The van der Waals surface area contributed by atoms with Gasteiger partial charge in [-0.25, -0.2) is 14.4 Å². The molecular weight excluding hydrogens is 434 g/mol. The van der Waals surface area contributed by atoms with Crippen molar-refractivity contribution in [2.45, 2.75) is 65.5 Å². The van der Waals surface area contributed by atoms with Crippen molar-refractivity contribution >= 4 is 23.0 Å². The first-order chi connectivity index (χ1) is 16.1. The predicted octanol–water partition coefficient (Wildman–Crippen LogP) is 5.62. The Morgan fingerprint density at radius 1 is 1.09 bits per heavy atom. The number of rotatable bonds is 7. The van der Waals surface area contributed by atoms with Crippen LogP contribution in [0.15, 0.2) is 57.7 Å². The first-order valence-corrected chi connectivity index (χ1v) is 11.4. The van der Waals surface area contributed by atoms with Crippen LogP contribution in [0.5, 0.6) is 5.75 Å². The topological polar surface area (TPSA) is 94.8 Å². The Hall–Kier alpha value is -3.61. The number of unbranched alkanes of at least 4 members (excludes halogenated alkanes) is 1. The number of alkyl carbamates (subject to hydrolysis) is 1. The second-order valence-corrected chi connectivity index (χ2v) is 9.24. The summed E-state index contributed by atoms with van der Waals surface area (Å²) < 4.78 is 16.6. The van der Waals surface area contributed by atoms with Crippen LogP contribution in [0.1, 0.15) is 63.3 Å². The minimum absolute atomic E-state index is 0.279. The lowest BCUT2D eigenvalue weighted by Crippen LogP contribution is -2.39. The number of nitrogens with one attached hydrogen (secondary N) is 1. The van der Waals surface area contributed by atoms with E-state index in [1.165, 1.54) is 6.07 Å². The van der Waals surface area contributed by atoms with Crippen molar-refractivity contribution in [3.8, 4) is 5.75 Å². The maximum atomic E-state index is 13.4. The highest BCUT2D eigenvalue weighted by atomic mass is 16.6. The number of aryl methyl sites for hydroxylation is 2. The molecule has 1 heterocycles. The first-order valence-electron chi connectivity index (χ1n) is 11.4. The number of benzene rings is 2. The third-order valence-electron chi connectivity index (χ3n) is 5.07. The van der Waals surface area contributed by atoms with Crippen molar-refractivity contribution in [1.82, 2.24) is 5.32 Å². The molecule has 34 heavy (non-hydrogen) atoms. The summed E-state index contributed by atoms with van der Waals surface area (Å²) in [6, 6.07) is 12.6. The zero-order valence-corrected chi connectivity index (χ0v) is 20.3. The molecule has 0 saturated carbocycles. The molecule has 0 saturated heterocycles. The van der Waals surface area contributed by atoms with Crippen LogP contribution in [-0.2, 0) is 16.0 Å². The van der Waals surface area contributed by atoms with Gasteiger partial charge < -0.3 is 19.2 Å². The standard InChI is InChI=1S/C27H31NO6/c1-6-7-11-19-16-22(29)32-20-14-17(2)15-21(23(19)20)33-25(30)24(18-12-9-8-10-13-18)28-26(31)34-27(3,4)5/h8-10,12-16,24H,6-7,11H2,1-5H3,(H,28,31)/t24-/m1/s1. The summed E-state index contributed by atoms with van der Waals surface area (Å²) in [5.74, 6) is -0.404. The van der Waals surface area contributed by atoms with Gasteiger partial charge in [-0.3, -0.25) is 0 Å². The van der Waals surface area contributed by atoms with E-state index < -0.39 is 29.3 Å². The van der Waals surface area contributed by atoms with E-state index in [1.54, 1.807) is 57.2 Å². The van der Waals surface area contributed by atoms with E-state index in [2.05, 4.69) is 12.2 Å². The number of amides is 1. The van der Waals surface area contributed by atoms with Crippen molar-refractivity contribution in [3.05, 3.63) is 75.6 Å². The lowest BCUT2D eigenvalue weighted by Gasteiger charge is -2.23. The van der Waals surface area contributed by atoms with Crippen molar-refractivity contribution in [1.29, 1.82) is 0 Å². The van der Waals surface area contributed by atoms with Gasteiger partial charge in [0.05, 0.1) is 5.39 Å². The molecule has 0 radical (unpaired) electrons. The zero-order valence-electron chi connectivity index (χ0n) is 20.3. The van der Waals surface area contributed by atoms with Crippen LogP contribution in [0.3, 0.4) is 0 Å². The number of esters is 1. The summed E-state index contributed by atoms with van der Waals surface area (Å²) in [6.45, 7) is 9.11. The van der Waals surface area contributed by atoms with Gasteiger partial charge in [-0.05, 0) is 69.4 Å². The molecule has 0 aliphatic rings. The fraction of sp³-hybridized carbons (Fsp3) is 0.370. The van der Waals surface area contributed by atoms with Crippen LogP contribution < -0.4 is 15.7 Å². The molecule has 0 unspecified atom stereocenters. The van der Waals surface area contributed by atoms with Crippen molar-refractivity contribution in [2.24, 2.45) is 0 Å². The van der Waals surface area contributed by atoms with Crippen LogP contribution >= 0.6 is 0 Å². The van der Waals surface area contributed by atoms with E-state index in [-0.39, 0.29) is 5.75 Å². The highest BCUT2D eigenvalue weighted by Gasteiger charge is 2.28. The van der Waals surface area contributed by atoms with Crippen molar-refractivity contribution in [3.63, 3.8) is 0 Å². The van der Waals surface area contributed by atoms with E-state index >= 15 is 0 Å². The highest BCUT2D eigenvalue weighted by molar-refractivity contribution is 5.92. The third kappa shape index (κ3) is 6.47.